The molecule has 1 unspecified atom stereocenters. The van der Waals surface area contributed by atoms with E-state index in [0.717, 1.165) is 11.1 Å². The van der Waals surface area contributed by atoms with Crippen LogP contribution in [0.2, 0.25) is 0 Å². The zero-order chi connectivity index (χ0) is 28.4. The van der Waals surface area contributed by atoms with Gasteiger partial charge >= 0.3 is 5.97 Å². The average molecular weight is 540 g/mol. The maximum atomic E-state index is 13.4. The Hall–Kier alpha value is -2.29. The average Bonchev–Trinajstić information content (AvgIpc) is 3.38. The standard InChI is InChI=1S/C32H45NO6/c1-22(24-17-13-10-14-18-24)33(20-23-15-11-9-12-16-23)25(19-27(34)37-30(2,3)4)28-29(39-32(7,8)38-28)26-21-35-31(5,6)36-26/h9-18,22,25-26,28-29H,19-21H2,1-8H3/t22-,25?,26+,28+,29+/m0/s1. The molecule has 2 aliphatic heterocycles. The number of ether oxygens (including phenoxy) is 5. The molecule has 5 atom stereocenters. The summed E-state index contributed by atoms with van der Waals surface area (Å²) in [6, 6.07) is 20.3. The van der Waals surface area contributed by atoms with Gasteiger partial charge in [0, 0.05) is 12.6 Å². The molecular weight excluding hydrogens is 494 g/mol. The molecule has 7 heteroatoms. The Bertz CT molecular complexity index is 1080. The van der Waals surface area contributed by atoms with Crippen LogP contribution in [0.3, 0.4) is 0 Å². The number of hydrogen-bond donors (Lipinski definition) is 0. The lowest BCUT2D eigenvalue weighted by molar-refractivity contribution is -0.175. The first-order chi connectivity index (χ1) is 18.2. The number of hydrogen-bond acceptors (Lipinski definition) is 7. The minimum atomic E-state index is -0.855. The fourth-order valence-electron chi connectivity index (χ4n) is 5.51. The molecule has 0 N–H and O–H groups in total. The predicted octanol–water partition coefficient (Wildman–Crippen LogP) is 6.02. The van der Waals surface area contributed by atoms with E-state index in [1.807, 2.05) is 84.9 Å². The van der Waals surface area contributed by atoms with Crippen molar-refractivity contribution in [2.75, 3.05) is 6.61 Å². The highest BCUT2D eigenvalue weighted by atomic mass is 16.8. The van der Waals surface area contributed by atoms with Crippen LogP contribution in [0.1, 0.15) is 79.0 Å². The van der Waals surface area contributed by atoms with E-state index in [-0.39, 0.29) is 30.6 Å². The van der Waals surface area contributed by atoms with Crippen molar-refractivity contribution in [2.24, 2.45) is 0 Å². The minimum Gasteiger partial charge on any atom is -0.460 e. The fourth-order valence-corrected chi connectivity index (χ4v) is 5.51. The van der Waals surface area contributed by atoms with Crippen LogP contribution < -0.4 is 0 Å². The van der Waals surface area contributed by atoms with Gasteiger partial charge < -0.3 is 23.7 Å². The number of esters is 1. The van der Waals surface area contributed by atoms with Gasteiger partial charge in [0.1, 0.15) is 23.9 Å². The zero-order valence-electron chi connectivity index (χ0n) is 24.7. The molecule has 0 aromatic heterocycles. The minimum absolute atomic E-state index is 0.0241. The molecule has 0 radical (unpaired) electrons. The highest BCUT2D eigenvalue weighted by Crippen LogP contribution is 2.40. The van der Waals surface area contributed by atoms with Gasteiger partial charge in [-0.25, -0.2) is 0 Å². The summed E-state index contributed by atoms with van der Waals surface area (Å²) in [5.41, 5.74) is 1.69. The van der Waals surface area contributed by atoms with Crippen molar-refractivity contribution in [3.05, 3.63) is 71.8 Å². The number of carbonyl (C=O) groups excluding carboxylic acids is 1. The predicted molar refractivity (Wildman–Crippen MR) is 150 cm³/mol. The highest BCUT2D eigenvalue weighted by Gasteiger charge is 2.54. The first-order valence-corrected chi connectivity index (χ1v) is 14.0. The van der Waals surface area contributed by atoms with E-state index >= 15 is 0 Å². The molecule has 4 rings (SSSR count). The molecule has 0 bridgehead atoms. The fraction of sp³-hybridized carbons (Fsp3) is 0.594. The molecule has 0 spiro atoms. The van der Waals surface area contributed by atoms with E-state index in [1.165, 1.54) is 0 Å². The summed E-state index contributed by atoms with van der Waals surface area (Å²) >= 11 is 0. The molecule has 7 nitrogen and oxygen atoms in total. The summed E-state index contributed by atoms with van der Waals surface area (Å²) < 4.78 is 31.1. The first-order valence-electron chi connectivity index (χ1n) is 14.0. The van der Waals surface area contributed by atoms with Gasteiger partial charge in [-0.1, -0.05) is 60.7 Å². The maximum absolute atomic E-state index is 13.4. The zero-order valence-corrected chi connectivity index (χ0v) is 24.7. The van der Waals surface area contributed by atoms with E-state index in [9.17, 15) is 4.79 Å². The second kappa shape index (κ2) is 11.7. The van der Waals surface area contributed by atoms with Crippen LogP contribution in [-0.4, -0.2) is 59.0 Å². The monoisotopic (exact) mass is 539 g/mol. The molecule has 214 valence electrons. The largest absolute Gasteiger partial charge is 0.460 e. The van der Waals surface area contributed by atoms with Gasteiger partial charge in [0.2, 0.25) is 0 Å². The van der Waals surface area contributed by atoms with Crippen molar-refractivity contribution in [2.45, 2.75) is 116 Å². The molecule has 2 heterocycles. The third kappa shape index (κ3) is 7.89. The summed E-state index contributed by atoms with van der Waals surface area (Å²) in [4.78, 5) is 15.8. The van der Waals surface area contributed by atoms with Gasteiger partial charge in [0.15, 0.2) is 11.6 Å². The van der Waals surface area contributed by atoms with Gasteiger partial charge in [-0.05, 0) is 66.5 Å². The SMILES string of the molecule is C[C@@H](c1ccccc1)N(Cc1ccccc1)C(CC(=O)OC(C)(C)C)[C@H]1OC(C)(C)O[C@@H]1[C@H]1COC(C)(C)O1. The van der Waals surface area contributed by atoms with E-state index in [2.05, 4.69) is 36.1 Å². The summed E-state index contributed by atoms with van der Waals surface area (Å²) in [6.07, 6.45) is -1.10. The van der Waals surface area contributed by atoms with Crippen LogP contribution in [0.4, 0.5) is 0 Å². The lowest BCUT2D eigenvalue weighted by atomic mass is 9.93. The topological polar surface area (TPSA) is 66.5 Å². The van der Waals surface area contributed by atoms with Crippen molar-refractivity contribution < 1.29 is 28.5 Å². The molecule has 0 saturated carbocycles. The van der Waals surface area contributed by atoms with Crippen molar-refractivity contribution >= 4 is 5.97 Å². The second-order valence-corrected chi connectivity index (χ2v) is 12.5. The van der Waals surface area contributed by atoms with Crippen LogP contribution >= 0.6 is 0 Å². The molecule has 39 heavy (non-hydrogen) atoms. The summed E-state index contributed by atoms with van der Waals surface area (Å²) in [5, 5.41) is 0. The Morgan fingerprint density at radius 2 is 1.56 bits per heavy atom. The van der Waals surface area contributed by atoms with Crippen LogP contribution in [-0.2, 0) is 35.0 Å². The maximum Gasteiger partial charge on any atom is 0.308 e. The van der Waals surface area contributed by atoms with Gasteiger partial charge in [-0.3, -0.25) is 9.69 Å². The van der Waals surface area contributed by atoms with Gasteiger partial charge in [-0.15, -0.1) is 0 Å². The Morgan fingerprint density at radius 3 is 2.13 bits per heavy atom. The number of nitrogens with zero attached hydrogens (tertiary/aromatic N) is 1. The molecule has 2 fully saturated rings. The second-order valence-electron chi connectivity index (χ2n) is 12.5. The molecule has 2 aliphatic rings. The lowest BCUT2D eigenvalue weighted by Gasteiger charge is -2.41. The quantitative estimate of drug-likeness (QED) is 0.361. The van der Waals surface area contributed by atoms with Crippen LogP contribution in [0, 0.1) is 0 Å². The summed E-state index contributed by atoms with van der Waals surface area (Å²) in [5.74, 6) is -1.85. The third-order valence-corrected chi connectivity index (χ3v) is 7.15. The number of carbonyl (C=O) groups is 1. The van der Waals surface area contributed by atoms with Crippen molar-refractivity contribution in [3.63, 3.8) is 0 Å². The molecule has 2 aromatic carbocycles. The van der Waals surface area contributed by atoms with Crippen molar-refractivity contribution in [1.29, 1.82) is 0 Å². The smallest absolute Gasteiger partial charge is 0.308 e. The van der Waals surface area contributed by atoms with E-state index in [4.69, 9.17) is 23.7 Å². The number of benzene rings is 2. The van der Waals surface area contributed by atoms with Crippen LogP contribution in [0.5, 0.6) is 0 Å². The molecular formula is C32H45NO6. The van der Waals surface area contributed by atoms with Crippen LogP contribution in [0.15, 0.2) is 60.7 Å². The normalized spacial score (nSPS) is 25.9. The van der Waals surface area contributed by atoms with Gasteiger partial charge in [-0.2, -0.15) is 0 Å². The Morgan fingerprint density at radius 1 is 0.949 bits per heavy atom. The highest BCUT2D eigenvalue weighted by molar-refractivity contribution is 5.70. The Kier molecular flexibility index (Phi) is 8.89. The summed E-state index contributed by atoms with van der Waals surface area (Å²) in [7, 11) is 0. The van der Waals surface area contributed by atoms with Gasteiger partial charge in [0.25, 0.3) is 0 Å². The first kappa shape index (κ1) is 29.7. The molecule has 2 saturated heterocycles. The number of rotatable bonds is 9. The third-order valence-electron chi connectivity index (χ3n) is 7.15. The summed E-state index contributed by atoms with van der Waals surface area (Å²) in [6.45, 7) is 16.5. The molecule has 2 aromatic rings. The van der Waals surface area contributed by atoms with E-state index < -0.39 is 29.4 Å². The Balaban J connectivity index is 1.76. The van der Waals surface area contributed by atoms with Crippen LogP contribution in [0.25, 0.3) is 0 Å². The molecule has 0 amide bonds. The van der Waals surface area contributed by atoms with Gasteiger partial charge in [0.05, 0.1) is 19.1 Å². The van der Waals surface area contributed by atoms with Crippen molar-refractivity contribution in [1.82, 2.24) is 4.90 Å². The molecule has 0 aliphatic carbocycles. The lowest BCUT2D eigenvalue weighted by Crippen LogP contribution is -2.53. The van der Waals surface area contributed by atoms with E-state index in [0.29, 0.717) is 13.2 Å². The van der Waals surface area contributed by atoms with Crippen molar-refractivity contribution in [3.8, 4) is 0 Å². The van der Waals surface area contributed by atoms with E-state index in [1.54, 1.807) is 0 Å². The Labute approximate surface area is 233 Å².